The van der Waals surface area contributed by atoms with Crippen LogP contribution in [0.25, 0.3) is 0 Å². The molecule has 0 saturated carbocycles. The summed E-state index contributed by atoms with van der Waals surface area (Å²) in [6.07, 6.45) is 3.95. The third-order valence-corrected chi connectivity index (χ3v) is 4.71. The molecule has 1 aromatic heterocycles. The minimum Gasteiger partial charge on any atom is -0.311 e. The minimum atomic E-state index is -0.317. The van der Waals surface area contributed by atoms with Gasteiger partial charge in [0.15, 0.2) is 0 Å². The van der Waals surface area contributed by atoms with E-state index in [1.165, 1.54) is 21.9 Å². The second kappa shape index (κ2) is 5.74. The molecule has 1 N–H and O–H groups in total. The largest absolute Gasteiger partial charge is 0.327 e. The fraction of sp³-hybridized carbons (Fsp3) is 0.353. The number of amides is 3. The third kappa shape index (κ3) is 2.55. The molecule has 4 rings (SSSR count). The van der Waals surface area contributed by atoms with Gasteiger partial charge in [-0.3, -0.25) is 14.8 Å². The summed E-state index contributed by atoms with van der Waals surface area (Å²) in [6, 6.07) is 5.60. The van der Waals surface area contributed by atoms with Crippen LogP contribution in [0.3, 0.4) is 0 Å². The number of aromatic amines is 1. The summed E-state index contributed by atoms with van der Waals surface area (Å²) in [5.74, 6) is -0.485. The first-order chi connectivity index (χ1) is 11.6. The highest BCUT2D eigenvalue weighted by Crippen LogP contribution is 2.26. The lowest BCUT2D eigenvalue weighted by Gasteiger charge is -2.29. The highest BCUT2D eigenvalue weighted by atomic mass is 19.1. The van der Waals surface area contributed by atoms with Crippen molar-refractivity contribution >= 4 is 11.9 Å². The molecule has 2 aliphatic rings. The number of benzene rings is 1. The maximum Gasteiger partial charge on any atom is 0.327 e. The number of imide groups is 1. The van der Waals surface area contributed by atoms with Crippen molar-refractivity contribution in [3.05, 3.63) is 53.1 Å². The van der Waals surface area contributed by atoms with Crippen LogP contribution in [0.5, 0.6) is 0 Å². The molecule has 124 valence electrons. The van der Waals surface area contributed by atoms with Crippen LogP contribution in [0, 0.1) is 5.82 Å². The van der Waals surface area contributed by atoms with Crippen molar-refractivity contribution in [2.75, 3.05) is 6.54 Å². The second-order valence-corrected chi connectivity index (χ2v) is 6.30. The van der Waals surface area contributed by atoms with Gasteiger partial charge < -0.3 is 4.90 Å². The van der Waals surface area contributed by atoms with Crippen LogP contribution in [0.1, 0.15) is 23.2 Å². The molecule has 1 unspecified atom stereocenters. The molecular weight excluding hydrogens is 311 g/mol. The number of carbonyl (C=O) groups excluding carboxylic acids is 2. The zero-order valence-electron chi connectivity index (χ0n) is 13.0. The number of aromatic nitrogens is 2. The van der Waals surface area contributed by atoms with E-state index < -0.39 is 0 Å². The van der Waals surface area contributed by atoms with Crippen LogP contribution in [0.2, 0.25) is 0 Å². The van der Waals surface area contributed by atoms with Crippen LogP contribution in [-0.4, -0.2) is 44.5 Å². The zero-order valence-corrected chi connectivity index (χ0v) is 13.0. The Morgan fingerprint density at radius 1 is 1.25 bits per heavy atom. The van der Waals surface area contributed by atoms with Crippen molar-refractivity contribution < 1.29 is 14.0 Å². The van der Waals surface area contributed by atoms with Crippen molar-refractivity contribution in [1.82, 2.24) is 20.0 Å². The number of aryl methyl sites for hydroxylation is 1. The first kappa shape index (κ1) is 14.9. The lowest BCUT2D eigenvalue weighted by atomic mass is 9.92. The third-order valence-electron chi connectivity index (χ3n) is 4.71. The van der Waals surface area contributed by atoms with E-state index in [1.54, 1.807) is 18.3 Å². The molecular formula is C17H17FN4O2. The fourth-order valence-electron chi connectivity index (χ4n) is 3.48. The summed E-state index contributed by atoms with van der Waals surface area (Å²) in [7, 11) is 0. The van der Waals surface area contributed by atoms with E-state index >= 15 is 0 Å². The Balaban J connectivity index is 1.49. The first-order valence-electron chi connectivity index (χ1n) is 7.98. The Bertz CT molecular complexity index is 786. The fourth-order valence-corrected chi connectivity index (χ4v) is 3.48. The van der Waals surface area contributed by atoms with E-state index in [0.717, 1.165) is 29.7 Å². The number of H-pyrrole nitrogens is 1. The zero-order chi connectivity index (χ0) is 16.7. The molecule has 2 aromatic rings. The molecule has 2 heterocycles. The number of nitrogens with zero attached hydrogens (tertiary/aromatic N) is 3. The van der Waals surface area contributed by atoms with E-state index in [-0.39, 0.29) is 30.3 Å². The van der Waals surface area contributed by atoms with Gasteiger partial charge in [0.25, 0.3) is 5.91 Å². The Labute approximate surface area is 138 Å². The predicted octanol–water partition coefficient (Wildman–Crippen LogP) is 1.87. The molecule has 24 heavy (non-hydrogen) atoms. The molecule has 1 fully saturated rings. The normalized spacial score (nSPS) is 20.6. The molecule has 1 aromatic carbocycles. The second-order valence-electron chi connectivity index (χ2n) is 6.30. The molecule has 6 nitrogen and oxygen atoms in total. The number of carbonyl (C=O) groups is 2. The van der Waals surface area contributed by atoms with Crippen LogP contribution in [0.15, 0.2) is 30.5 Å². The number of nitrogens with one attached hydrogen (secondary N) is 1. The molecule has 1 aliphatic heterocycles. The molecule has 0 bridgehead atoms. The topological polar surface area (TPSA) is 69.3 Å². The van der Waals surface area contributed by atoms with Crippen molar-refractivity contribution in [2.45, 2.75) is 31.8 Å². The van der Waals surface area contributed by atoms with Crippen LogP contribution in [-0.2, 0) is 24.2 Å². The van der Waals surface area contributed by atoms with Gasteiger partial charge in [-0.05, 0) is 42.5 Å². The smallest absolute Gasteiger partial charge is 0.311 e. The van der Waals surface area contributed by atoms with Gasteiger partial charge in [0.05, 0.1) is 6.20 Å². The lowest BCUT2D eigenvalue weighted by molar-refractivity contribution is -0.127. The van der Waals surface area contributed by atoms with Gasteiger partial charge in [-0.15, -0.1) is 0 Å². The Morgan fingerprint density at radius 2 is 2.04 bits per heavy atom. The van der Waals surface area contributed by atoms with Gasteiger partial charge in [0, 0.05) is 18.3 Å². The maximum absolute atomic E-state index is 13.0. The quantitative estimate of drug-likeness (QED) is 0.875. The number of hydrogen-bond acceptors (Lipinski definition) is 3. The molecule has 1 aliphatic carbocycles. The van der Waals surface area contributed by atoms with E-state index in [0.29, 0.717) is 13.0 Å². The molecule has 3 amide bonds. The maximum atomic E-state index is 13.0. The lowest BCUT2D eigenvalue weighted by Crippen LogP contribution is -2.44. The number of urea groups is 1. The monoisotopic (exact) mass is 328 g/mol. The average molecular weight is 328 g/mol. The number of halogens is 1. The van der Waals surface area contributed by atoms with Gasteiger partial charge in [-0.25, -0.2) is 9.18 Å². The first-order valence-corrected chi connectivity index (χ1v) is 7.98. The summed E-state index contributed by atoms with van der Waals surface area (Å²) in [6.45, 7) is 0.385. The number of fused-ring (bicyclic) bond motifs is 1. The van der Waals surface area contributed by atoms with E-state index in [1.807, 2.05) is 0 Å². The van der Waals surface area contributed by atoms with Gasteiger partial charge in [0.1, 0.15) is 12.4 Å². The average Bonchev–Trinajstić information content (AvgIpc) is 3.14. The minimum absolute atomic E-state index is 0.0744. The van der Waals surface area contributed by atoms with Crippen molar-refractivity contribution in [3.8, 4) is 0 Å². The van der Waals surface area contributed by atoms with Crippen molar-refractivity contribution in [1.29, 1.82) is 0 Å². The van der Waals surface area contributed by atoms with E-state index in [2.05, 4.69) is 10.2 Å². The van der Waals surface area contributed by atoms with Crippen molar-refractivity contribution in [3.63, 3.8) is 0 Å². The van der Waals surface area contributed by atoms with Gasteiger partial charge in [-0.1, -0.05) is 12.1 Å². The Hall–Kier alpha value is -2.70. The molecule has 0 spiro atoms. The van der Waals surface area contributed by atoms with E-state index in [4.69, 9.17) is 0 Å². The summed E-state index contributed by atoms with van der Waals surface area (Å²) in [4.78, 5) is 27.9. The number of hydrogen-bond donors (Lipinski definition) is 1. The summed E-state index contributed by atoms with van der Waals surface area (Å²) < 4.78 is 13.0. The number of rotatable bonds is 3. The summed E-state index contributed by atoms with van der Waals surface area (Å²) >= 11 is 0. The predicted molar refractivity (Wildman–Crippen MR) is 83.5 cm³/mol. The van der Waals surface area contributed by atoms with Crippen LogP contribution in [0.4, 0.5) is 9.18 Å². The van der Waals surface area contributed by atoms with Gasteiger partial charge in [0.2, 0.25) is 0 Å². The van der Waals surface area contributed by atoms with Gasteiger partial charge >= 0.3 is 6.03 Å². The Morgan fingerprint density at radius 3 is 2.83 bits per heavy atom. The van der Waals surface area contributed by atoms with Gasteiger partial charge in [-0.2, -0.15) is 5.10 Å². The van der Waals surface area contributed by atoms with E-state index in [9.17, 15) is 14.0 Å². The molecule has 1 saturated heterocycles. The summed E-state index contributed by atoms with van der Waals surface area (Å²) in [5.41, 5.74) is 2.97. The highest BCUT2D eigenvalue weighted by Gasteiger charge is 2.41. The molecule has 0 radical (unpaired) electrons. The van der Waals surface area contributed by atoms with Crippen molar-refractivity contribution in [2.24, 2.45) is 0 Å². The Kier molecular flexibility index (Phi) is 3.55. The highest BCUT2D eigenvalue weighted by molar-refractivity contribution is 6.02. The van der Waals surface area contributed by atoms with Crippen LogP contribution >= 0.6 is 0 Å². The SMILES string of the molecule is O=C1CN(Cc2ccc(F)cc2)C(=O)N1C1CCc2[nH]ncc2C1. The molecule has 1 atom stereocenters. The summed E-state index contributed by atoms with van der Waals surface area (Å²) in [5, 5.41) is 6.98. The van der Waals surface area contributed by atoms with Crippen LogP contribution < -0.4 is 0 Å². The molecule has 7 heteroatoms. The standard InChI is InChI=1S/C17H17FN4O2/c18-13-3-1-11(2-4-13)9-21-10-16(23)22(17(21)24)14-5-6-15-12(7-14)8-19-20-15/h1-4,8,14H,5-7,9-10H2,(H,19,20).